The summed E-state index contributed by atoms with van der Waals surface area (Å²) >= 11 is 0. The normalized spacial score (nSPS) is 13.6. The molecule has 0 bridgehead atoms. The molecule has 2 heterocycles. The van der Waals surface area contributed by atoms with Crippen LogP contribution in [0, 0.1) is 0 Å². The zero-order valence-electron chi connectivity index (χ0n) is 8.61. The predicted octanol–water partition coefficient (Wildman–Crippen LogP) is 2.48. The third kappa shape index (κ3) is 1.52. The second-order valence-electron chi connectivity index (χ2n) is 3.66. The second kappa shape index (κ2) is 3.44. The molecule has 0 aliphatic carbocycles. The van der Waals surface area contributed by atoms with Gasteiger partial charge < -0.3 is 15.2 Å². The summed E-state index contributed by atoms with van der Waals surface area (Å²) in [6, 6.07) is 4.71. The summed E-state index contributed by atoms with van der Waals surface area (Å²) in [6.07, 6.45) is -2.69. The van der Waals surface area contributed by atoms with Crippen LogP contribution in [0.3, 0.4) is 0 Å². The highest BCUT2D eigenvalue weighted by molar-refractivity contribution is 5.86. The third-order valence-electron chi connectivity index (χ3n) is 2.58. The van der Waals surface area contributed by atoms with E-state index in [1.54, 1.807) is 12.1 Å². The van der Waals surface area contributed by atoms with Crippen LogP contribution in [0.15, 0.2) is 18.2 Å². The first kappa shape index (κ1) is 10.1. The highest BCUT2D eigenvalue weighted by Crippen LogP contribution is 2.37. The van der Waals surface area contributed by atoms with Crippen LogP contribution in [-0.4, -0.2) is 11.8 Å². The lowest BCUT2D eigenvalue weighted by atomic mass is 10.1. The molecule has 1 aromatic carbocycles. The van der Waals surface area contributed by atoms with Crippen molar-refractivity contribution in [1.29, 1.82) is 0 Å². The SMILES string of the molecule is Nc1cc2cc3c(cc2nc1C(F)F)OCO3. The number of ether oxygens (including phenoxy) is 2. The zero-order chi connectivity index (χ0) is 12.0. The lowest BCUT2D eigenvalue weighted by Crippen LogP contribution is -1.98. The van der Waals surface area contributed by atoms with Gasteiger partial charge in [-0.2, -0.15) is 0 Å². The van der Waals surface area contributed by atoms with Crippen molar-refractivity contribution < 1.29 is 18.3 Å². The van der Waals surface area contributed by atoms with Crippen LogP contribution in [0.1, 0.15) is 12.1 Å². The molecule has 0 saturated carbocycles. The van der Waals surface area contributed by atoms with Crippen molar-refractivity contribution in [1.82, 2.24) is 4.98 Å². The van der Waals surface area contributed by atoms with E-state index in [4.69, 9.17) is 15.2 Å². The summed E-state index contributed by atoms with van der Waals surface area (Å²) in [5.74, 6) is 1.08. The van der Waals surface area contributed by atoms with Gasteiger partial charge in [-0.1, -0.05) is 0 Å². The number of halogens is 2. The van der Waals surface area contributed by atoms with Crippen LogP contribution < -0.4 is 15.2 Å². The lowest BCUT2D eigenvalue weighted by molar-refractivity contribution is 0.147. The molecule has 0 amide bonds. The Hall–Kier alpha value is -2.11. The first-order chi connectivity index (χ1) is 8.15. The maximum atomic E-state index is 12.6. The van der Waals surface area contributed by atoms with Crippen LogP contribution >= 0.6 is 0 Å². The largest absolute Gasteiger partial charge is 0.454 e. The van der Waals surface area contributed by atoms with Crippen molar-refractivity contribution in [2.75, 3.05) is 12.5 Å². The zero-order valence-corrected chi connectivity index (χ0v) is 8.61. The summed E-state index contributed by atoms with van der Waals surface area (Å²) in [5, 5.41) is 0.649. The molecule has 3 rings (SSSR count). The number of alkyl halides is 2. The van der Waals surface area contributed by atoms with Gasteiger partial charge in [-0.15, -0.1) is 0 Å². The molecule has 0 unspecified atom stereocenters. The lowest BCUT2D eigenvalue weighted by Gasteiger charge is -2.06. The smallest absolute Gasteiger partial charge is 0.282 e. The highest BCUT2D eigenvalue weighted by atomic mass is 19.3. The van der Waals surface area contributed by atoms with E-state index in [1.807, 2.05) is 0 Å². The van der Waals surface area contributed by atoms with Crippen LogP contribution in [-0.2, 0) is 0 Å². The van der Waals surface area contributed by atoms with Crippen molar-refractivity contribution in [3.8, 4) is 11.5 Å². The van der Waals surface area contributed by atoms with Gasteiger partial charge in [0.2, 0.25) is 6.79 Å². The van der Waals surface area contributed by atoms with Crippen molar-refractivity contribution in [2.45, 2.75) is 6.43 Å². The number of hydrogen-bond acceptors (Lipinski definition) is 4. The molecule has 4 nitrogen and oxygen atoms in total. The van der Waals surface area contributed by atoms with Crippen LogP contribution in [0.5, 0.6) is 11.5 Å². The van der Waals surface area contributed by atoms with Crippen molar-refractivity contribution >= 4 is 16.6 Å². The maximum Gasteiger partial charge on any atom is 0.282 e. The number of rotatable bonds is 1. The molecule has 6 heteroatoms. The van der Waals surface area contributed by atoms with E-state index in [2.05, 4.69) is 4.98 Å². The number of nitrogens with zero attached hydrogens (tertiary/aromatic N) is 1. The Morgan fingerprint density at radius 2 is 1.88 bits per heavy atom. The number of nitrogens with two attached hydrogens (primary N) is 1. The summed E-state index contributed by atoms with van der Waals surface area (Å²) in [7, 11) is 0. The van der Waals surface area contributed by atoms with Crippen molar-refractivity contribution in [3.05, 3.63) is 23.9 Å². The molecule has 88 valence electrons. The highest BCUT2D eigenvalue weighted by Gasteiger charge is 2.18. The van der Waals surface area contributed by atoms with E-state index < -0.39 is 12.1 Å². The van der Waals surface area contributed by atoms with E-state index in [0.29, 0.717) is 22.4 Å². The molecule has 2 aromatic rings. The summed E-state index contributed by atoms with van der Waals surface area (Å²) < 4.78 is 35.6. The van der Waals surface area contributed by atoms with Crippen LogP contribution in [0.25, 0.3) is 10.9 Å². The Balaban J connectivity index is 2.25. The Morgan fingerprint density at radius 1 is 1.18 bits per heavy atom. The number of hydrogen-bond donors (Lipinski definition) is 1. The topological polar surface area (TPSA) is 57.4 Å². The van der Waals surface area contributed by atoms with E-state index in [9.17, 15) is 8.78 Å². The number of fused-ring (bicyclic) bond motifs is 2. The number of pyridine rings is 1. The van der Waals surface area contributed by atoms with Crippen molar-refractivity contribution in [3.63, 3.8) is 0 Å². The fourth-order valence-corrected chi connectivity index (χ4v) is 1.77. The van der Waals surface area contributed by atoms with E-state index in [-0.39, 0.29) is 12.5 Å². The number of aromatic nitrogens is 1. The molecule has 0 saturated heterocycles. The average molecular weight is 238 g/mol. The summed E-state index contributed by atoms with van der Waals surface area (Å²) in [5.41, 5.74) is 5.51. The van der Waals surface area contributed by atoms with Gasteiger partial charge >= 0.3 is 0 Å². The van der Waals surface area contributed by atoms with Crippen molar-refractivity contribution in [2.24, 2.45) is 0 Å². The van der Waals surface area contributed by atoms with Gasteiger partial charge in [0.1, 0.15) is 5.69 Å². The number of anilines is 1. The first-order valence-corrected chi connectivity index (χ1v) is 4.93. The van der Waals surface area contributed by atoms with Crippen LogP contribution in [0.4, 0.5) is 14.5 Å². The molecule has 1 aliphatic heterocycles. The second-order valence-corrected chi connectivity index (χ2v) is 3.66. The van der Waals surface area contributed by atoms with Gasteiger partial charge in [0.15, 0.2) is 11.5 Å². The summed E-state index contributed by atoms with van der Waals surface area (Å²) in [6.45, 7) is 0.128. The average Bonchev–Trinajstić information content (AvgIpc) is 2.71. The minimum Gasteiger partial charge on any atom is -0.454 e. The number of nitrogen functional groups attached to an aromatic ring is 1. The van der Waals surface area contributed by atoms with Gasteiger partial charge in [0.25, 0.3) is 6.43 Å². The Morgan fingerprint density at radius 3 is 2.59 bits per heavy atom. The predicted molar refractivity (Wildman–Crippen MR) is 57.2 cm³/mol. The molecule has 1 aliphatic rings. The van der Waals surface area contributed by atoms with E-state index in [1.165, 1.54) is 6.07 Å². The molecule has 0 fully saturated rings. The quantitative estimate of drug-likeness (QED) is 0.829. The van der Waals surface area contributed by atoms with E-state index >= 15 is 0 Å². The standard InChI is InChI=1S/C11H8F2N2O2/c12-11(13)10-6(14)1-5-2-8-9(17-4-16-8)3-7(5)15-10/h1-3,11H,4,14H2. The van der Waals surface area contributed by atoms with E-state index in [0.717, 1.165) is 0 Å². The molecule has 1 aromatic heterocycles. The maximum absolute atomic E-state index is 12.6. The molecule has 17 heavy (non-hydrogen) atoms. The minimum atomic E-state index is -2.69. The Bertz CT molecular complexity index is 602. The molecule has 0 atom stereocenters. The molecular weight excluding hydrogens is 230 g/mol. The molecule has 0 radical (unpaired) electrons. The minimum absolute atomic E-state index is 0.0219. The van der Waals surface area contributed by atoms with Gasteiger partial charge in [-0.25, -0.2) is 13.8 Å². The van der Waals surface area contributed by atoms with Gasteiger partial charge in [0, 0.05) is 11.5 Å². The van der Waals surface area contributed by atoms with Crippen LogP contribution in [0.2, 0.25) is 0 Å². The van der Waals surface area contributed by atoms with Gasteiger partial charge in [-0.3, -0.25) is 0 Å². The van der Waals surface area contributed by atoms with Gasteiger partial charge in [0.05, 0.1) is 11.2 Å². The number of benzene rings is 1. The Kier molecular flexibility index (Phi) is 2.04. The Labute approximate surface area is 95.0 Å². The van der Waals surface area contributed by atoms with Gasteiger partial charge in [-0.05, 0) is 12.1 Å². The monoisotopic (exact) mass is 238 g/mol. The summed E-state index contributed by atoms with van der Waals surface area (Å²) in [4.78, 5) is 3.84. The fraction of sp³-hybridized carbons (Fsp3) is 0.182. The molecule has 2 N–H and O–H groups in total. The first-order valence-electron chi connectivity index (χ1n) is 4.93. The third-order valence-corrected chi connectivity index (χ3v) is 2.58. The fourth-order valence-electron chi connectivity index (χ4n) is 1.77. The molecule has 0 spiro atoms. The molecular formula is C11H8F2N2O2.